The second kappa shape index (κ2) is 6.72. The lowest BCUT2D eigenvalue weighted by molar-refractivity contribution is 0.622. The molecule has 0 bridgehead atoms. The van der Waals surface area contributed by atoms with Gasteiger partial charge in [0, 0.05) is 18.8 Å². The average Bonchev–Trinajstić information content (AvgIpc) is 2.44. The van der Waals surface area contributed by atoms with E-state index in [2.05, 4.69) is 43.9 Å². The van der Waals surface area contributed by atoms with E-state index in [4.69, 9.17) is 5.73 Å². The Balaban J connectivity index is 2.39. The molecule has 0 aliphatic rings. The number of nitrogens with zero attached hydrogens (tertiary/aromatic N) is 1. The van der Waals surface area contributed by atoms with E-state index in [0.717, 1.165) is 12.2 Å². The minimum absolute atomic E-state index is 0.0964. The number of halogens is 1. The second-order valence-electron chi connectivity index (χ2n) is 5.43. The zero-order chi connectivity index (χ0) is 15.4. The van der Waals surface area contributed by atoms with Crippen molar-refractivity contribution in [2.24, 2.45) is 5.73 Å². The fraction of sp³-hybridized carbons (Fsp3) is 0.333. The molecule has 2 aromatic carbocycles. The Kier molecular flexibility index (Phi) is 4.97. The summed E-state index contributed by atoms with van der Waals surface area (Å²) in [4.78, 5) is 2.22. The minimum atomic E-state index is -0.217. The minimum Gasteiger partial charge on any atom is -0.363 e. The molecule has 0 saturated heterocycles. The smallest absolute Gasteiger partial charge is 0.123 e. The Morgan fingerprint density at radius 3 is 2.10 bits per heavy atom. The van der Waals surface area contributed by atoms with E-state index in [1.54, 1.807) is 0 Å². The monoisotopic (exact) mass is 286 g/mol. The van der Waals surface area contributed by atoms with Gasteiger partial charge in [0.2, 0.25) is 0 Å². The Morgan fingerprint density at radius 2 is 1.62 bits per heavy atom. The van der Waals surface area contributed by atoms with Gasteiger partial charge in [-0.2, -0.15) is 0 Å². The zero-order valence-electron chi connectivity index (χ0n) is 12.9. The summed E-state index contributed by atoms with van der Waals surface area (Å²) < 4.78 is 13.1. The second-order valence-corrected chi connectivity index (χ2v) is 5.43. The molecule has 0 amide bonds. The number of nitrogens with two attached hydrogens (primary N) is 1. The number of hydrogen-bond acceptors (Lipinski definition) is 2. The molecule has 0 aliphatic heterocycles. The molecule has 0 radical (unpaired) electrons. The summed E-state index contributed by atoms with van der Waals surface area (Å²) in [6, 6.07) is 13.2. The van der Waals surface area contributed by atoms with E-state index >= 15 is 0 Å². The summed E-state index contributed by atoms with van der Waals surface area (Å²) in [5.74, 6) is -0.217. The topological polar surface area (TPSA) is 29.3 Å². The van der Waals surface area contributed by atoms with Gasteiger partial charge in [0.15, 0.2) is 0 Å². The van der Waals surface area contributed by atoms with Gasteiger partial charge in [-0.05, 0) is 50.6 Å². The highest BCUT2D eigenvalue weighted by atomic mass is 19.1. The van der Waals surface area contributed by atoms with Crippen LogP contribution in [-0.4, -0.2) is 13.1 Å². The van der Waals surface area contributed by atoms with Gasteiger partial charge in [-0.1, -0.05) is 29.3 Å². The molecule has 2 aromatic rings. The highest BCUT2D eigenvalue weighted by Crippen LogP contribution is 2.27. The molecule has 112 valence electrons. The summed E-state index contributed by atoms with van der Waals surface area (Å²) in [7, 11) is 0. The van der Waals surface area contributed by atoms with Crippen LogP contribution in [0.4, 0.5) is 10.1 Å². The van der Waals surface area contributed by atoms with Crippen LogP contribution in [0.3, 0.4) is 0 Å². The average molecular weight is 286 g/mol. The maximum absolute atomic E-state index is 13.1. The van der Waals surface area contributed by atoms with Crippen molar-refractivity contribution < 1.29 is 4.39 Å². The molecule has 0 fully saturated rings. The third kappa shape index (κ3) is 3.61. The SMILES string of the molecule is CCN(c1ccc(F)cc1)C(CN)c1cc(C)cc(C)c1. The predicted octanol–water partition coefficient (Wildman–Crippen LogP) is 3.97. The molecular weight excluding hydrogens is 263 g/mol. The molecule has 0 heterocycles. The van der Waals surface area contributed by atoms with Crippen LogP contribution in [0.15, 0.2) is 42.5 Å². The third-order valence-electron chi connectivity index (χ3n) is 3.73. The van der Waals surface area contributed by atoms with Crippen molar-refractivity contribution in [1.29, 1.82) is 0 Å². The first-order valence-corrected chi connectivity index (χ1v) is 7.35. The van der Waals surface area contributed by atoms with Gasteiger partial charge in [-0.25, -0.2) is 4.39 Å². The molecule has 0 aromatic heterocycles. The molecule has 0 saturated carbocycles. The van der Waals surface area contributed by atoms with Gasteiger partial charge in [0.25, 0.3) is 0 Å². The van der Waals surface area contributed by atoms with Gasteiger partial charge in [0.1, 0.15) is 5.82 Å². The molecule has 2 N–H and O–H groups in total. The molecule has 0 aliphatic carbocycles. The van der Waals surface area contributed by atoms with Gasteiger partial charge in [0.05, 0.1) is 6.04 Å². The van der Waals surface area contributed by atoms with Crippen LogP contribution < -0.4 is 10.6 Å². The first-order chi connectivity index (χ1) is 10.0. The normalized spacial score (nSPS) is 12.2. The maximum atomic E-state index is 13.1. The van der Waals surface area contributed by atoms with Crippen molar-refractivity contribution in [3.8, 4) is 0 Å². The predicted molar refractivity (Wildman–Crippen MR) is 87.1 cm³/mol. The van der Waals surface area contributed by atoms with Gasteiger partial charge >= 0.3 is 0 Å². The van der Waals surface area contributed by atoms with Gasteiger partial charge < -0.3 is 10.6 Å². The summed E-state index contributed by atoms with van der Waals surface area (Å²) in [5.41, 5.74) is 10.7. The highest BCUT2D eigenvalue weighted by molar-refractivity contribution is 5.49. The van der Waals surface area contributed by atoms with Crippen LogP contribution >= 0.6 is 0 Å². The van der Waals surface area contributed by atoms with Crippen molar-refractivity contribution in [3.63, 3.8) is 0 Å². The van der Waals surface area contributed by atoms with Crippen molar-refractivity contribution in [2.75, 3.05) is 18.0 Å². The van der Waals surface area contributed by atoms with Gasteiger partial charge in [-0.3, -0.25) is 0 Å². The number of rotatable bonds is 5. The maximum Gasteiger partial charge on any atom is 0.123 e. The van der Waals surface area contributed by atoms with Crippen LogP contribution in [0.25, 0.3) is 0 Å². The summed E-state index contributed by atoms with van der Waals surface area (Å²) in [6.07, 6.45) is 0. The number of benzene rings is 2. The van der Waals surface area contributed by atoms with Crippen LogP contribution in [-0.2, 0) is 0 Å². The molecule has 1 atom stereocenters. The molecule has 21 heavy (non-hydrogen) atoms. The highest BCUT2D eigenvalue weighted by Gasteiger charge is 2.18. The molecule has 1 unspecified atom stereocenters. The number of aryl methyl sites for hydroxylation is 2. The number of anilines is 1. The summed E-state index contributed by atoms with van der Waals surface area (Å²) in [5, 5.41) is 0. The molecule has 2 nitrogen and oxygen atoms in total. The molecule has 0 spiro atoms. The first kappa shape index (κ1) is 15.5. The summed E-state index contributed by atoms with van der Waals surface area (Å²) in [6.45, 7) is 7.62. The zero-order valence-corrected chi connectivity index (χ0v) is 12.9. The van der Waals surface area contributed by atoms with E-state index in [1.807, 2.05) is 12.1 Å². The quantitative estimate of drug-likeness (QED) is 0.901. The van der Waals surface area contributed by atoms with Crippen molar-refractivity contribution in [2.45, 2.75) is 26.8 Å². The van der Waals surface area contributed by atoms with E-state index in [9.17, 15) is 4.39 Å². The first-order valence-electron chi connectivity index (χ1n) is 7.35. The lowest BCUT2D eigenvalue weighted by Crippen LogP contribution is -2.33. The Hall–Kier alpha value is -1.87. The Labute approximate surface area is 126 Å². The number of likely N-dealkylation sites (N-methyl/N-ethyl adjacent to an activating group) is 1. The van der Waals surface area contributed by atoms with Crippen molar-refractivity contribution in [1.82, 2.24) is 0 Å². The van der Waals surface area contributed by atoms with Crippen LogP contribution in [0, 0.1) is 19.7 Å². The van der Waals surface area contributed by atoms with Crippen LogP contribution in [0.2, 0.25) is 0 Å². The lowest BCUT2D eigenvalue weighted by atomic mass is 9.99. The molecular formula is C18H23FN2. The van der Waals surface area contributed by atoms with E-state index in [-0.39, 0.29) is 11.9 Å². The standard InChI is InChI=1S/C18H23FN2/c1-4-21(17-7-5-16(19)6-8-17)18(12-20)15-10-13(2)9-14(3)11-15/h5-11,18H,4,12,20H2,1-3H3. The van der Waals surface area contributed by atoms with E-state index in [0.29, 0.717) is 6.54 Å². The fourth-order valence-corrected chi connectivity index (χ4v) is 2.86. The van der Waals surface area contributed by atoms with E-state index < -0.39 is 0 Å². The van der Waals surface area contributed by atoms with Crippen LogP contribution in [0.1, 0.15) is 29.7 Å². The number of hydrogen-bond donors (Lipinski definition) is 1. The lowest BCUT2D eigenvalue weighted by Gasteiger charge is -2.33. The largest absolute Gasteiger partial charge is 0.363 e. The van der Waals surface area contributed by atoms with Crippen LogP contribution in [0.5, 0.6) is 0 Å². The fourth-order valence-electron chi connectivity index (χ4n) is 2.86. The van der Waals surface area contributed by atoms with Crippen molar-refractivity contribution >= 4 is 5.69 Å². The van der Waals surface area contributed by atoms with E-state index in [1.165, 1.54) is 28.8 Å². The summed E-state index contributed by atoms with van der Waals surface area (Å²) >= 11 is 0. The van der Waals surface area contributed by atoms with Crippen molar-refractivity contribution in [3.05, 3.63) is 65.0 Å². The molecule has 3 heteroatoms. The van der Waals surface area contributed by atoms with Gasteiger partial charge in [-0.15, -0.1) is 0 Å². The Bertz CT molecular complexity index is 572. The third-order valence-corrected chi connectivity index (χ3v) is 3.73. The Morgan fingerprint density at radius 1 is 1.05 bits per heavy atom. The molecule has 2 rings (SSSR count).